The molecule has 1 heteroatoms. The van der Waals surface area contributed by atoms with Crippen LogP contribution in [-0.4, -0.2) is 11.7 Å². The van der Waals surface area contributed by atoms with Gasteiger partial charge in [-0.25, -0.2) is 0 Å². The van der Waals surface area contributed by atoms with Gasteiger partial charge in [0.1, 0.15) is 0 Å². The molecule has 0 amide bonds. The molecule has 0 fully saturated rings. The van der Waals surface area contributed by atoms with Crippen LogP contribution >= 0.6 is 0 Å². The van der Waals surface area contributed by atoms with Gasteiger partial charge in [-0.1, -0.05) is 61.9 Å². The van der Waals surface area contributed by atoms with Crippen LogP contribution in [0, 0.1) is 0 Å². The molecular formula is C17H20O. The quantitative estimate of drug-likeness (QED) is 0.842. The maximum atomic E-state index is 8.98. The number of benzene rings is 2. The van der Waals surface area contributed by atoms with Gasteiger partial charge in [0.2, 0.25) is 0 Å². The van der Waals surface area contributed by atoms with E-state index in [1.54, 1.807) is 0 Å². The second-order valence-electron chi connectivity index (χ2n) is 4.62. The summed E-state index contributed by atoms with van der Waals surface area (Å²) in [5, 5.41) is 8.98. The van der Waals surface area contributed by atoms with Crippen LogP contribution < -0.4 is 0 Å². The zero-order valence-corrected chi connectivity index (χ0v) is 10.9. The van der Waals surface area contributed by atoms with Crippen molar-refractivity contribution in [3.05, 3.63) is 59.7 Å². The zero-order valence-electron chi connectivity index (χ0n) is 10.9. The van der Waals surface area contributed by atoms with E-state index in [9.17, 15) is 0 Å². The third-order valence-corrected chi connectivity index (χ3v) is 3.15. The molecule has 0 unspecified atom stereocenters. The lowest BCUT2D eigenvalue weighted by molar-refractivity contribution is 0.299. The van der Waals surface area contributed by atoms with Crippen LogP contribution in [0.5, 0.6) is 0 Å². The minimum atomic E-state index is 0.207. The molecule has 0 saturated carbocycles. The predicted octanol–water partition coefficient (Wildman–Crippen LogP) is 3.84. The van der Waals surface area contributed by atoms with E-state index in [1.165, 1.54) is 28.7 Å². The molecule has 0 heterocycles. The minimum absolute atomic E-state index is 0.207. The van der Waals surface area contributed by atoms with Crippen molar-refractivity contribution in [3.8, 4) is 11.1 Å². The lowest BCUT2D eigenvalue weighted by atomic mass is 10.00. The first-order valence-electron chi connectivity index (χ1n) is 6.62. The zero-order chi connectivity index (χ0) is 12.8. The third kappa shape index (κ3) is 3.21. The van der Waals surface area contributed by atoms with E-state index in [0.717, 1.165) is 12.8 Å². The summed E-state index contributed by atoms with van der Waals surface area (Å²) >= 11 is 0. The van der Waals surface area contributed by atoms with Crippen molar-refractivity contribution in [3.63, 3.8) is 0 Å². The summed E-state index contributed by atoms with van der Waals surface area (Å²) in [5.41, 5.74) is 5.05. The van der Waals surface area contributed by atoms with Gasteiger partial charge in [-0.2, -0.15) is 0 Å². The maximum absolute atomic E-state index is 8.98. The van der Waals surface area contributed by atoms with Gasteiger partial charge in [-0.05, 0) is 35.1 Å². The Morgan fingerprint density at radius 3 is 2.28 bits per heavy atom. The summed E-state index contributed by atoms with van der Waals surface area (Å²) in [4.78, 5) is 0. The topological polar surface area (TPSA) is 20.2 Å². The normalized spacial score (nSPS) is 10.6. The Morgan fingerprint density at radius 1 is 0.833 bits per heavy atom. The van der Waals surface area contributed by atoms with Crippen LogP contribution in [0.25, 0.3) is 11.1 Å². The van der Waals surface area contributed by atoms with E-state index in [4.69, 9.17) is 5.11 Å². The second kappa shape index (κ2) is 6.36. The highest BCUT2D eigenvalue weighted by Gasteiger charge is 1.99. The molecule has 0 bridgehead atoms. The van der Waals surface area contributed by atoms with Crippen molar-refractivity contribution in [1.29, 1.82) is 0 Å². The number of aliphatic hydroxyl groups excluding tert-OH is 1. The van der Waals surface area contributed by atoms with Crippen molar-refractivity contribution < 1.29 is 5.11 Å². The molecule has 2 aromatic carbocycles. The van der Waals surface area contributed by atoms with Gasteiger partial charge < -0.3 is 5.11 Å². The number of hydrogen-bond acceptors (Lipinski definition) is 1. The molecule has 2 rings (SSSR count). The molecule has 0 aromatic heterocycles. The number of hydrogen-bond donors (Lipinski definition) is 1. The van der Waals surface area contributed by atoms with E-state index in [-0.39, 0.29) is 6.61 Å². The first-order valence-corrected chi connectivity index (χ1v) is 6.62. The Balaban J connectivity index is 2.22. The first kappa shape index (κ1) is 12.8. The van der Waals surface area contributed by atoms with Gasteiger partial charge in [0.05, 0.1) is 0 Å². The molecule has 0 radical (unpaired) electrons. The SMILES string of the molecule is CCCc1ccc(-c2cccc(CCO)c2)cc1. The molecule has 2 aromatic rings. The molecule has 0 aliphatic heterocycles. The lowest BCUT2D eigenvalue weighted by Gasteiger charge is -2.06. The van der Waals surface area contributed by atoms with Crippen molar-refractivity contribution in [2.24, 2.45) is 0 Å². The number of rotatable bonds is 5. The molecule has 0 spiro atoms. The molecule has 0 aliphatic rings. The van der Waals surface area contributed by atoms with E-state index in [2.05, 4.69) is 55.5 Å². The van der Waals surface area contributed by atoms with Crippen molar-refractivity contribution in [1.82, 2.24) is 0 Å². The van der Waals surface area contributed by atoms with Gasteiger partial charge in [-0.3, -0.25) is 0 Å². The smallest absolute Gasteiger partial charge is 0.0471 e. The Hall–Kier alpha value is -1.60. The fourth-order valence-corrected chi connectivity index (χ4v) is 2.19. The summed E-state index contributed by atoms with van der Waals surface area (Å²) in [5.74, 6) is 0. The summed E-state index contributed by atoms with van der Waals surface area (Å²) in [6, 6.07) is 17.2. The van der Waals surface area contributed by atoms with Crippen LogP contribution in [0.15, 0.2) is 48.5 Å². The van der Waals surface area contributed by atoms with E-state index in [0.29, 0.717) is 0 Å². The fourth-order valence-electron chi connectivity index (χ4n) is 2.19. The summed E-state index contributed by atoms with van der Waals surface area (Å²) < 4.78 is 0. The molecule has 94 valence electrons. The Morgan fingerprint density at radius 2 is 1.61 bits per heavy atom. The Bertz CT molecular complexity index is 485. The van der Waals surface area contributed by atoms with Crippen LogP contribution in [-0.2, 0) is 12.8 Å². The van der Waals surface area contributed by atoms with Gasteiger partial charge in [0.25, 0.3) is 0 Å². The van der Waals surface area contributed by atoms with Crippen LogP contribution in [0.4, 0.5) is 0 Å². The van der Waals surface area contributed by atoms with Crippen molar-refractivity contribution >= 4 is 0 Å². The second-order valence-corrected chi connectivity index (χ2v) is 4.62. The van der Waals surface area contributed by atoms with Crippen LogP contribution in [0.2, 0.25) is 0 Å². The Labute approximate surface area is 109 Å². The molecule has 1 nitrogen and oxygen atoms in total. The van der Waals surface area contributed by atoms with Crippen molar-refractivity contribution in [2.75, 3.05) is 6.61 Å². The highest BCUT2D eigenvalue weighted by molar-refractivity contribution is 5.64. The minimum Gasteiger partial charge on any atom is -0.396 e. The molecular weight excluding hydrogens is 220 g/mol. The fraction of sp³-hybridized carbons (Fsp3) is 0.294. The van der Waals surface area contributed by atoms with Gasteiger partial charge in [0, 0.05) is 6.61 Å². The van der Waals surface area contributed by atoms with Gasteiger partial charge >= 0.3 is 0 Å². The first-order chi connectivity index (χ1) is 8.83. The number of aliphatic hydroxyl groups is 1. The molecule has 0 aliphatic carbocycles. The van der Waals surface area contributed by atoms with E-state index < -0.39 is 0 Å². The maximum Gasteiger partial charge on any atom is 0.0471 e. The summed E-state index contributed by atoms with van der Waals surface area (Å²) in [7, 11) is 0. The average Bonchev–Trinajstić information content (AvgIpc) is 2.41. The van der Waals surface area contributed by atoms with Crippen LogP contribution in [0.1, 0.15) is 24.5 Å². The highest BCUT2D eigenvalue weighted by atomic mass is 16.2. The van der Waals surface area contributed by atoms with E-state index >= 15 is 0 Å². The van der Waals surface area contributed by atoms with Gasteiger partial charge in [-0.15, -0.1) is 0 Å². The highest BCUT2D eigenvalue weighted by Crippen LogP contribution is 2.21. The Kier molecular flexibility index (Phi) is 4.54. The molecule has 18 heavy (non-hydrogen) atoms. The summed E-state index contributed by atoms with van der Waals surface area (Å²) in [6.45, 7) is 2.41. The monoisotopic (exact) mass is 240 g/mol. The molecule has 0 atom stereocenters. The van der Waals surface area contributed by atoms with E-state index in [1.807, 2.05) is 0 Å². The summed E-state index contributed by atoms with van der Waals surface area (Å²) in [6.07, 6.45) is 3.05. The predicted molar refractivity (Wildman–Crippen MR) is 76.7 cm³/mol. The lowest BCUT2D eigenvalue weighted by Crippen LogP contribution is -1.90. The molecule has 1 N–H and O–H groups in total. The standard InChI is InChI=1S/C17H20O/c1-2-4-14-7-9-16(10-8-14)17-6-3-5-15(13-17)11-12-18/h3,5-10,13,18H,2,4,11-12H2,1H3. The number of aryl methyl sites for hydroxylation is 1. The van der Waals surface area contributed by atoms with Gasteiger partial charge in [0.15, 0.2) is 0 Å². The largest absolute Gasteiger partial charge is 0.396 e. The third-order valence-electron chi connectivity index (χ3n) is 3.15. The van der Waals surface area contributed by atoms with Crippen molar-refractivity contribution in [2.45, 2.75) is 26.2 Å². The molecule has 0 saturated heterocycles. The average molecular weight is 240 g/mol. The van der Waals surface area contributed by atoms with Crippen LogP contribution in [0.3, 0.4) is 0 Å².